The number of benzene rings is 1. The summed E-state index contributed by atoms with van der Waals surface area (Å²) in [6.07, 6.45) is 2.83. The van der Waals surface area contributed by atoms with Gasteiger partial charge < -0.3 is 9.64 Å². The molecule has 1 aliphatic heterocycles. The summed E-state index contributed by atoms with van der Waals surface area (Å²) in [5, 5.41) is 0.611. The molecule has 1 aromatic carbocycles. The predicted octanol–water partition coefficient (Wildman–Crippen LogP) is 4.14. The van der Waals surface area contributed by atoms with Crippen LogP contribution in [0.15, 0.2) is 24.3 Å². The van der Waals surface area contributed by atoms with Crippen LogP contribution in [0.1, 0.15) is 25.8 Å². The first-order valence-electron chi connectivity index (χ1n) is 6.66. The summed E-state index contributed by atoms with van der Waals surface area (Å²) in [7, 11) is 0. The van der Waals surface area contributed by atoms with E-state index in [2.05, 4.69) is 28.7 Å². The Morgan fingerprint density at radius 1 is 1.45 bits per heavy atom. The Labute approximate surface area is 138 Å². The van der Waals surface area contributed by atoms with Crippen LogP contribution >= 0.6 is 34.2 Å². The van der Waals surface area contributed by atoms with Gasteiger partial charge in [0.05, 0.1) is 15.6 Å². The molecule has 2 rings (SSSR count). The van der Waals surface area contributed by atoms with E-state index >= 15 is 0 Å². The smallest absolute Gasteiger partial charge is 0.240 e. The zero-order valence-corrected chi connectivity index (χ0v) is 14.4. The Balaban J connectivity index is 2.37. The van der Waals surface area contributed by atoms with E-state index in [1.165, 1.54) is 0 Å². The maximum Gasteiger partial charge on any atom is 0.240 e. The molecule has 5 heteroatoms. The summed E-state index contributed by atoms with van der Waals surface area (Å²) >= 11 is 8.53. The molecule has 20 heavy (non-hydrogen) atoms. The molecule has 1 aliphatic rings. The third kappa shape index (κ3) is 3.11. The third-order valence-corrected chi connectivity index (χ3v) is 4.54. The number of nitrogens with zero attached hydrogens (tertiary/aromatic N) is 1. The van der Waals surface area contributed by atoms with Crippen LogP contribution in [0.5, 0.6) is 5.75 Å². The lowest BCUT2D eigenvalue weighted by Gasteiger charge is -2.30. The van der Waals surface area contributed by atoms with Crippen molar-refractivity contribution < 1.29 is 9.53 Å². The molecular formula is C15H17ClINO2. The third-order valence-electron chi connectivity index (χ3n) is 3.19. The van der Waals surface area contributed by atoms with Crippen molar-refractivity contribution in [2.75, 3.05) is 13.2 Å². The molecule has 0 aliphatic carbocycles. The first kappa shape index (κ1) is 15.6. The molecule has 0 spiro atoms. The van der Waals surface area contributed by atoms with Crippen LogP contribution < -0.4 is 4.74 Å². The van der Waals surface area contributed by atoms with Crippen molar-refractivity contribution >= 4 is 45.8 Å². The van der Waals surface area contributed by atoms with E-state index in [-0.39, 0.29) is 9.83 Å². The van der Waals surface area contributed by atoms with Gasteiger partial charge in [0.2, 0.25) is 5.91 Å². The van der Waals surface area contributed by atoms with Crippen LogP contribution in [0.4, 0.5) is 0 Å². The van der Waals surface area contributed by atoms with Gasteiger partial charge in [-0.2, -0.15) is 0 Å². The van der Waals surface area contributed by atoms with Crippen LogP contribution in [0.3, 0.4) is 0 Å². The fourth-order valence-electron chi connectivity index (χ4n) is 2.26. The monoisotopic (exact) mass is 405 g/mol. The van der Waals surface area contributed by atoms with Gasteiger partial charge in [-0.25, -0.2) is 0 Å². The van der Waals surface area contributed by atoms with Crippen molar-refractivity contribution in [3.8, 4) is 5.75 Å². The normalized spacial score (nSPS) is 19.0. The minimum atomic E-state index is 0.0118. The van der Waals surface area contributed by atoms with Gasteiger partial charge >= 0.3 is 0 Å². The molecule has 0 saturated heterocycles. The van der Waals surface area contributed by atoms with Gasteiger partial charge in [-0.3, -0.25) is 4.79 Å². The van der Waals surface area contributed by atoms with E-state index in [0.29, 0.717) is 18.2 Å². The Morgan fingerprint density at radius 3 is 2.80 bits per heavy atom. The lowest BCUT2D eigenvalue weighted by atomic mass is 10.0. The molecule has 0 saturated carbocycles. The number of alkyl halides is 1. The largest absolute Gasteiger partial charge is 0.494 e. The molecule has 0 fully saturated rings. The van der Waals surface area contributed by atoms with Crippen molar-refractivity contribution in [3.05, 3.63) is 34.9 Å². The molecule has 1 aromatic rings. The minimum Gasteiger partial charge on any atom is -0.494 e. The summed E-state index contributed by atoms with van der Waals surface area (Å²) in [6.45, 7) is 5.16. The average molecular weight is 406 g/mol. The maximum atomic E-state index is 12.2. The van der Waals surface area contributed by atoms with E-state index in [1.807, 2.05) is 26.0 Å². The highest BCUT2D eigenvalue weighted by atomic mass is 127. The zero-order chi connectivity index (χ0) is 14.7. The first-order chi connectivity index (χ1) is 9.58. The summed E-state index contributed by atoms with van der Waals surface area (Å²) in [5.41, 5.74) is 1.78. The topological polar surface area (TPSA) is 29.5 Å². The van der Waals surface area contributed by atoms with Crippen molar-refractivity contribution in [2.45, 2.75) is 24.2 Å². The molecule has 1 unspecified atom stereocenters. The Kier molecular flexibility index (Phi) is 5.32. The lowest BCUT2D eigenvalue weighted by molar-refractivity contribution is -0.127. The highest BCUT2D eigenvalue weighted by molar-refractivity contribution is 14.1. The molecular weight excluding hydrogens is 389 g/mol. The Hall–Kier alpha value is -0.750. The number of ether oxygens (including phenoxy) is 1. The molecule has 0 aromatic heterocycles. The quantitative estimate of drug-likeness (QED) is 0.557. The fourth-order valence-corrected chi connectivity index (χ4v) is 3.11. The highest BCUT2D eigenvalue weighted by Gasteiger charge is 2.28. The summed E-state index contributed by atoms with van der Waals surface area (Å²) < 4.78 is 5.45. The van der Waals surface area contributed by atoms with Crippen molar-refractivity contribution in [1.82, 2.24) is 4.90 Å². The van der Waals surface area contributed by atoms with Crippen LogP contribution in [0.25, 0.3) is 5.70 Å². The molecule has 0 bridgehead atoms. The van der Waals surface area contributed by atoms with Gasteiger partial charge in [0, 0.05) is 17.8 Å². The molecule has 1 heterocycles. The van der Waals surface area contributed by atoms with Gasteiger partial charge in [0.25, 0.3) is 0 Å². The average Bonchev–Trinajstić information content (AvgIpc) is 2.43. The summed E-state index contributed by atoms with van der Waals surface area (Å²) in [4.78, 5) is 14.0. The van der Waals surface area contributed by atoms with Crippen LogP contribution in [-0.2, 0) is 4.79 Å². The van der Waals surface area contributed by atoms with E-state index in [0.717, 1.165) is 23.4 Å². The SMILES string of the molecule is CCOc1ccc(C2=CCC(I)C(=O)N2CC)c(Cl)c1. The number of hydrogen-bond acceptors (Lipinski definition) is 2. The summed E-state index contributed by atoms with van der Waals surface area (Å²) in [6, 6.07) is 5.61. The van der Waals surface area contributed by atoms with E-state index in [1.54, 1.807) is 11.0 Å². The Morgan fingerprint density at radius 2 is 2.20 bits per heavy atom. The second-order valence-electron chi connectivity index (χ2n) is 4.45. The van der Waals surface area contributed by atoms with Crippen LogP contribution in [-0.4, -0.2) is 27.9 Å². The molecule has 0 N–H and O–H groups in total. The first-order valence-corrected chi connectivity index (χ1v) is 8.29. The number of halogens is 2. The number of allylic oxidation sites excluding steroid dienone is 1. The second-order valence-corrected chi connectivity index (χ2v) is 6.36. The number of amides is 1. The van der Waals surface area contributed by atoms with E-state index < -0.39 is 0 Å². The van der Waals surface area contributed by atoms with Crippen molar-refractivity contribution in [2.24, 2.45) is 0 Å². The number of rotatable bonds is 4. The lowest BCUT2D eigenvalue weighted by Crippen LogP contribution is -2.38. The van der Waals surface area contributed by atoms with Crippen molar-refractivity contribution in [3.63, 3.8) is 0 Å². The highest BCUT2D eigenvalue weighted by Crippen LogP contribution is 2.34. The second kappa shape index (κ2) is 6.80. The van der Waals surface area contributed by atoms with Gasteiger partial charge in [-0.15, -0.1) is 0 Å². The van der Waals surface area contributed by atoms with E-state index in [4.69, 9.17) is 16.3 Å². The minimum absolute atomic E-state index is 0.0118. The molecule has 1 amide bonds. The molecule has 0 radical (unpaired) electrons. The van der Waals surface area contributed by atoms with Crippen LogP contribution in [0, 0.1) is 0 Å². The fraction of sp³-hybridized carbons (Fsp3) is 0.400. The molecule has 108 valence electrons. The summed E-state index contributed by atoms with van der Waals surface area (Å²) in [5.74, 6) is 0.898. The standard InChI is InChI=1S/C15H17ClINO2/c1-3-18-14(8-7-13(17)15(18)19)11-6-5-10(20-4-2)9-12(11)16/h5-6,8-9,13H,3-4,7H2,1-2H3. The number of carbonyl (C=O) groups is 1. The van der Waals surface area contributed by atoms with Gasteiger partial charge in [0.1, 0.15) is 5.75 Å². The van der Waals surface area contributed by atoms with Crippen LogP contribution in [0.2, 0.25) is 5.02 Å². The maximum absolute atomic E-state index is 12.2. The zero-order valence-electron chi connectivity index (χ0n) is 11.5. The van der Waals surface area contributed by atoms with Crippen molar-refractivity contribution in [1.29, 1.82) is 0 Å². The molecule has 3 nitrogen and oxygen atoms in total. The van der Waals surface area contributed by atoms with Gasteiger partial charge in [-0.1, -0.05) is 40.3 Å². The van der Waals surface area contributed by atoms with Gasteiger partial charge in [0.15, 0.2) is 0 Å². The number of hydrogen-bond donors (Lipinski definition) is 0. The molecule has 1 atom stereocenters. The number of carbonyl (C=O) groups excluding carboxylic acids is 1. The van der Waals surface area contributed by atoms with E-state index in [9.17, 15) is 4.79 Å². The predicted molar refractivity (Wildman–Crippen MR) is 90.4 cm³/mol. The Bertz CT molecular complexity index is 545. The van der Waals surface area contributed by atoms with Gasteiger partial charge in [-0.05, 0) is 38.5 Å².